The molecule has 0 unspecified atom stereocenters. The summed E-state index contributed by atoms with van der Waals surface area (Å²) in [5.74, 6) is 13.6. The zero-order valence-electron chi connectivity index (χ0n) is 40.4. The Kier molecular flexibility index (Phi) is 17.7. The van der Waals surface area contributed by atoms with Crippen LogP contribution in [0.5, 0.6) is 11.5 Å². The second-order valence-electron chi connectivity index (χ2n) is 17.6. The average molecular weight is 855 g/mol. The minimum Gasteiger partial charge on any atom is -0.508 e. The molecule has 1 heterocycles. The van der Waals surface area contributed by atoms with Crippen molar-refractivity contribution in [3.8, 4) is 35.2 Å². The molecule has 0 radical (unpaired) electrons. The van der Waals surface area contributed by atoms with Gasteiger partial charge in [0.15, 0.2) is 0 Å². The number of ether oxygens (including phenoxy) is 2. The molecule has 63 heavy (non-hydrogen) atoms. The van der Waals surface area contributed by atoms with Crippen LogP contribution in [0.15, 0.2) is 72.8 Å². The van der Waals surface area contributed by atoms with E-state index >= 15 is 0 Å². The molecular weight excluding hydrogens is 781 g/mol. The predicted octanol–water partition coefficient (Wildman–Crippen LogP) is 12.4. The van der Waals surface area contributed by atoms with Gasteiger partial charge in [0.25, 0.3) is 0 Å². The Morgan fingerprint density at radius 2 is 0.968 bits per heavy atom. The zero-order chi connectivity index (χ0) is 46.6. The molecule has 3 N–H and O–H groups in total. The van der Waals surface area contributed by atoms with Crippen LogP contribution in [0.2, 0.25) is 0 Å². The molecule has 4 aromatic carbocycles. The van der Waals surface area contributed by atoms with E-state index in [1.807, 2.05) is 46.8 Å². The van der Waals surface area contributed by atoms with Gasteiger partial charge in [0, 0.05) is 28.4 Å². The van der Waals surface area contributed by atoms with Crippen LogP contribution in [0.4, 0.5) is 0 Å². The Morgan fingerprint density at radius 3 is 1.32 bits per heavy atom. The second kappa shape index (κ2) is 22.1. The van der Waals surface area contributed by atoms with Gasteiger partial charge in [0.1, 0.15) is 35.4 Å². The first-order valence-electron chi connectivity index (χ1n) is 23.4. The molecule has 0 bridgehead atoms. The van der Waals surface area contributed by atoms with E-state index in [0.717, 1.165) is 71.2 Å². The third-order valence-corrected chi connectivity index (χ3v) is 14.0. The van der Waals surface area contributed by atoms with Crippen molar-refractivity contribution in [3.05, 3.63) is 128 Å². The molecule has 1 atom stereocenters. The van der Waals surface area contributed by atoms with Gasteiger partial charge in [-0.1, -0.05) is 128 Å². The summed E-state index contributed by atoms with van der Waals surface area (Å²) in [4.78, 5) is 11.3. The number of carbonyl (C=O) groups is 1. The first-order valence-corrected chi connectivity index (χ1v) is 23.4. The zero-order valence-corrected chi connectivity index (χ0v) is 40.4. The van der Waals surface area contributed by atoms with Crippen LogP contribution in [-0.4, -0.2) is 45.2 Å². The number of hydrogen-bond donors (Lipinski definition) is 3. The van der Waals surface area contributed by atoms with E-state index in [2.05, 4.69) is 127 Å². The van der Waals surface area contributed by atoms with E-state index in [1.54, 1.807) is 6.07 Å². The second-order valence-corrected chi connectivity index (χ2v) is 17.6. The standard InChI is InChI=1S/C31H40O4.C26H34O2/c1-7-30(33,8-2)18-17-24-11-12-25(19-22(24)5)31(9-3,10-4)26-13-15-28(23(6)20-26)34-21-27-14-16-29(32)35-27;1-7-25(28,8-2)16-15-21-11-12-22(17-19(21)5)26(9-3,10-4)23-13-14-24(27)20(6)18-23/h11-13,15,19-20,27,33H,7-10,14,16,21H2,1-6H3;11-14,17-18,27-28H,7-10H2,1-6H3/t27-;/m0./s1. The van der Waals surface area contributed by atoms with Crippen molar-refractivity contribution in [3.63, 3.8) is 0 Å². The van der Waals surface area contributed by atoms with Gasteiger partial charge < -0.3 is 24.8 Å². The Hall–Kier alpha value is -5.01. The summed E-state index contributed by atoms with van der Waals surface area (Å²) in [7, 11) is 0. The lowest BCUT2D eigenvalue weighted by Gasteiger charge is -2.34. The molecule has 0 aromatic heterocycles. The minimum absolute atomic E-state index is 0.0945. The molecule has 0 amide bonds. The molecule has 1 fully saturated rings. The smallest absolute Gasteiger partial charge is 0.306 e. The molecule has 1 aliphatic rings. The largest absolute Gasteiger partial charge is 0.508 e. The summed E-state index contributed by atoms with van der Waals surface area (Å²) in [5.41, 5.74) is 9.16. The van der Waals surface area contributed by atoms with Gasteiger partial charge in [-0.2, -0.15) is 0 Å². The van der Waals surface area contributed by atoms with Crippen molar-refractivity contribution in [2.24, 2.45) is 0 Å². The van der Waals surface area contributed by atoms with E-state index in [1.165, 1.54) is 22.3 Å². The molecule has 6 nitrogen and oxygen atoms in total. The van der Waals surface area contributed by atoms with Crippen LogP contribution in [0.3, 0.4) is 0 Å². The van der Waals surface area contributed by atoms with Gasteiger partial charge in [0.05, 0.1) is 0 Å². The van der Waals surface area contributed by atoms with Crippen LogP contribution >= 0.6 is 0 Å². The fourth-order valence-electron chi connectivity index (χ4n) is 8.84. The van der Waals surface area contributed by atoms with Crippen molar-refractivity contribution in [1.82, 2.24) is 0 Å². The Bertz CT molecular complexity index is 2300. The molecule has 6 heteroatoms. The maximum Gasteiger partial charge on any atom is 0.306 e. The van der Waals surface area contributed by atoms with Crippen LogP contribution in [0.25, 0.3) is 0 Å². The summed E-state index contributed by atoms with van der Waals surface area (Å²) >= 11 is 0. The third kappa shape index (κ3) is 11.8. The Balaban J connectivity index is 0.000000284. The quantitative estimate of drug-likeness (QED) is 0.0814. The summed E-state index contributed by atoms with van der Waals surface area (Å²) in [5, 5.41) is 30.9. The molecule has 338 valence electrons. The number of aromatic hydroxyl groups is 1. The lowest BCUT2D eigenvalue weighted by Crippen LogP contribution is -2.26. The fourth-order valence-corrected chi connectivity index (χ4v) is 8.84. The summed E-state index contributed by atoms with van der Waals surface area (Å²) < 4.78 is 11.3. The van der Waals surface area contributed by atoms with E-state index in [9.17, 15) is 20.1 Å². The molecule has 1 aliphatic heterocycles. The van der Waals surface area contributed by atoms with Gasteiger partial charge in [-0.25, -0.2) is 0 Å². The molecule has 5 rings (SSSR count). The predicted molar refractivity (Wildman–Crippen MR) is 259 cm³/mol. The number of cyclic esters (lactones) is 1. The number of rotatable bonds is 15. The molecular formula is C57H74O6. The highest BCUT2D eigenvalue weighted by Gasteiger charge is 2.33. The first kappa shape index (κ1) is 50.6. The van der Waals surface area contributed by atoms with Gasteiger partial charge >= 0.3 is 5.97 Å². The number of aryl methyl sites for hydroxylation is 4. The maximum atomic E-state index is 11.3. The molecule has 0 spiro atoms. The fraction of sp³-hybridized carbons (Fsp3) is 0.491. The van der Waals surface area contributed by atoms with Crippen molar-refractivity contribution in [2.75, 3.05) is 6.61 Å². The Morgan fingerprint density at radius 1 is 0.571 bits per heavy atom. The van der Waals surface area contributed by atoms with Crippen molar-refractivity contribution in [2.45, 2.75) is 175 Å². The highest BCUT2D eigenvalue weighted by atomic mass is 16.6. The lowest BCUT2D eigenvalue weighted by atomic mass is 9.70. The summed E-state index contributed by atoms with van der Waals surface area (Å²) in [6.45, 7) is 25.4. The monoisotopic (exact) mass is 855 g/mol. The van der Waals surface area contributed by atoms with E-state index in [0.29, 0.717) is 44.5 Å². The topological polar surface area (TPSA) is 96.2 Å². The van der Waals surface area contributed by atoms with Crippen LogP contribution < -0.4 is 4.74 Å². The highest BCUT2D eigenvalue weighted by molar-refractivity contribution is 5.71. The maximum absolute atomic E-state index is 11.3. The van der Waals surface area contributed by atoms with Crippen molar-refractivity contribution >= 4 is 5.97 Å². The summed E-state index contributed by atoms with van der Waals surface area (Å²) in [6, 6.07) is 25.4. The summed E-state index contributed by atoms with van der Waals surface area (Å²) in [6.07, 6.45) is 7.43. The SMILES string of the molecule is CCC(O)(C#Cc1ccc(C(CC)(CC)c2ccc(O)c(C)c2)cc1C)CC.CCC(O)(C#Cc1ccc(C(CC)(CC)c2ccc(OC[C@@H]3CCC(=O)O3)c(C)c2)cc1C)CC. The van der Waals surface area contributed by atoms with Gasteiger partial charge in [0.2, 0.25) is 0 Å². The number of esters is 1. The van der Waals surface area contributed by atoms with Gasteiger partial charge in [-0.05, 0) is 154 Å². The first-order chi connectivity index (χ1) is 29.9. The van der Waals surface area contributed by atoms with Gasteiger partial charge in [-0.3, -0.25) is 4.79 Å². The van der Waals surface area contributed by atoms with Crippen LogP contribution in [0.1, 0.15) is 175 Å². The Labute approximate surface area is 379 Å². The number of benzene rings is 4. The van der Waals surface area contributed by atoms with Crippen LogP contribution in [0, 0.1) is 51.4 Å². The lowest BCUT2D eigenvalue weighted by molar-refractivity contribution is -0.142. The number of hydrogen-bond acceptors (Lipinski definition) is 6. The average Bonchev–Trinajstić information content (AvgIpc) is 3.72. The number of phenolic OH excluding ortho intramolecular Hbond substituents is 1. The van der Waals surface area contributed by atoms with Gasteiger partial charge in [-0.15, -0.1) is 0 Å². The number of aliphatic hydroxyl groups is 2. The highest BCUT2D eigenvalue weighted by Crippen LogP contribution is 2.42. The van der Waals surface area contributed by atoms with Crippen molar-refractivity contribution < 1.29 is 29.6 Å². The molecule has 1 saturated heterocycles. The molecule has 0 aliphatic carbocycles. The number of phenols is 1. The van der Waals surface area contributed by atoms with Crippen molar-refractivity contribution in [1.29, 1.82) is 0 Å². The van der Waals surface area contributed by atoms with E-state index in [4.69, 9.17) is 9.47 Å². The van der Waals surface area contributed by atoms with Crippen LogP contribution in [-0.2, 0) is 20.4 Å². The third-order valence-electron chi connectivity index (χ3n) is 14.0. The molecule has 0 saturated carbocycles. The van der Waals surface area contributed by atoms with E-state index < -0.39 is 11.2 Å². The normalized spacial score (nSPS) is 14.1. The van der Waals surface area contributed by atoms with E-state index in [-0.39, 0.29) is 22.9 Å². The molecule has 4 aromatic rings. The number of carbonyl (C=O) groups excluding carboxylic acids is 1. The minimum atomic E-state index is -0.928.